The quantitative estimate of drug-likeness (QED) is 0.762. The minimum absolute atomic E-state index is 0.201. The molecule has 0 bridgehead atoms. The Bertz CT molecular complexity index is 251. The lowest BCUT2D eigenvalue weighted by molar-refractivity contribution is 0.185. The minimum atomic E-state index is 0.201. The molecule has 1 saturated carbocycles. The molecule has 2 rings (SSSR count). The van der Waals surface area contributed by atoms with Gasteiger partial charge in [0.25, 0.3) is 0 Å². The van der Waals surface area contributed by atoms with Crippen molar-refractivity contribution < 1.29 is 4.79 Å². The normalized spacial score (nSPS) is 23.9. The molecule has 1 heterocycles. The Morgan fingerprint density at radius 1 is 0.737 bits per heavy atom. The fourth-order valence-electron chi connectivity index (χ4n) is 3.32. The van der Waals surface area contributed by atoms with Gasteiger partial charge in [-0.05, 0) is 25.7 Å². The second kappa shape index (κ2) is 8.44. The lowest BCUT2D eigenvalue weighted by Crippen LogP contribution is -2.46. The lowest BCUT2D eigenvalue weighted by atomic mass is 9.97. The van der Waals surface area contributed by atoms with E-state index in [9.17, 15) is 4.79 Å². The molecule has 110 valence electrons. The third-order valence-corrected chi connectivity index (χ3v) is 4.58. The molecule has 2 aliphatic rings. The molecule has 0 aromatic heterocycles. The van der Waals surface area contributed by atoms with Gasteiger partial charge in [-0.1, -0.05) is 51.4 Å². The first kappa shape index (κ1) is 14.7. The molecule has 0 aromatic carbocycles. The van der Waals surface area contributed by atoms with Crippen LogP contribution in [0, 0.1) is 0 Å². The van der Waals surface area contributed by atoms with Crippen molar-refractivity contribution in [3.05, 3.63) is 0 Å². The zero-order valence-corrected chi connectivity index (χ0v) is 12.3. The van der Waals surface area contributed by atoms with Crippen LogP contribution in [0.4, 0.5) is 4.79 Å². The number of carbonyl (C=O) groups is 1. The average molecular weight is 266 g/mol. The van der Waals surface area contributed by atoms with Crippen molar-refractivity contribution in [2.45, 2.75) is 83.1 Å². The number of rotatable bonds is 1. The summed E-state index contributed by atoms with van der Waals surface area (Å²) >= 11 is 0. The topological polar surface area (TPSA) is 32.3 Å². The smallest absolute Gasteiger partial charge is 0.317 e. The summed E-state index contributed by atoms with van der Waals surface area (Å²) in [6.07, 6.45) is 15.3. The zero-order chi connectivity index (χ0) is 13.3. The Labute approximate surface area is 118 Å². The van der Waals surface area contributed by atoms with E-state index in [0.717, 1.165) is 13.1 Å². The third kappa shape index (κ3) is 5.42. The van der Waals surface area contributed by atoms with E-state index >= 15 is 0 Å². The highest BCUT2D eigenvalue weighted by Crippen LogP contribution is 2.18. The molecule has 19 heavy (non-hydrogen) atoms. The molecule has 1 aliphatic carbocycles. The van der Waals surface area contributed by atoms with Crippen LogP contribution >= 0.6 is 0 Å². The van der Waals surface area contributed by atoms with Gasteiger partial charge >= 0.3 is 6.03 Å². The molecule has 1 aliphatic heterocycles. The summed E-state index contributed by atoms with van der Waals surface area (Å²) in [6, 6.07) is 0.630. The molecule has 0 radical (unpaired) electrons. The number of carbonyl (C=O) groups excluding carboxylic acids is 1. The van der Waals surface area contributed by atoms with Crippen LogP contribution in [0.15, 0.2) is 0 Å². The number of nitrogens with one attached hydrogen (secondary N) is 1. The van der Waals surface area contributed by atoms with Crippen LogP contribution in [0.1, 0.15) is 77.0 Å². The van der Waals surface area contributed by atoms with Gasteiger partial charge < -0.3 is 10.2 Å². The van der Waals surface area contributed by atoms with E-state index in [0.29, 0.717) is 6.04 Å². The predicted octanol–water partition coefficient (Wildman–Crippen LogP) is 4.08. The van der Waals surface area contributed by atoms with E-state index in [1.54, 1.807) is 0 Å². The van der Waals surface area contributed by atoms with E-state index in [1.165, 1.54) is 77.0 Å². The van der Waals surface area contributed by atoms with Gasteiger partial charge in [-0.25, -0.2) is 4.79 Å². The van der Waals surface area contributed by atoms with E-state index in [-0.39, 0.29) is 6.03 Å². The van der Waals surface area contributed by atoms with E-state index < -0.39 is 0 Å². The van der Waals surface area contributed by atoms with Crippen LogP contribution in [0.25, 0.3) is 0 Å². The van der Waals surface area contributed by atoms with Gasteiger partial charge in [0.05, 0.1) is 0 Å². The Morgan fingerprint density at radius 2 is 1.21 bits per heavy atom. The van der Waals surface area contributed by atoms with Crippen LogP contribution in [-0.2, 0) is 0 Å². The zero-order valence-electron chi connectivity index (χ0n) is 12.3. The molecule has 0 unspecified atom stereocenters. The number of hydrogen-bond acceptors (Lipinski definition) is 1. The van der Waals surface area contributed by atoms with E-state index in [4.69, 9.17) is 0 Å². The molecule has 0 atom stereocenters. The molecular formula is C16H30N2O. The number of hydrogen-bond donors (Lipinski definition) is 1. The third-order valence-electron chi connectivity index (χ3n) is 4.58. The van der Waals surface area contributed by atoms with E-state index in [2.05, 4.69) is 10.2 Å². The molecule has 1 N–H and O–H groups in total. The number of nitrogens with zero attached hydrogens (tertiary/aromatic N) is 1. The number of urea groups is 1. The van der Waals surface area contributed by atoms with Crippen LogP contribution in [0.2, 0.25) is 0 Å². The number of likely N-dealkylation sites (tertiary alicyclic amines) is 1. The first-order valence-electron chi connectivity index (χ1n) is 8.42. The second-order valence-electron chi connectivity index (χ2n) is 6.25. The highest BCUT2D eigenvalue weighted by atomic mass is 16.2. The Hall–Kier alpha value is -0.730. The molecule has 3 nitrogen and oxygen atoms in total. The van der Waals surface area contributed by atoms with Crippen molar-refractivity contribution in [2.75, 3.05) is 13.1 Å². The molecule has 2 amide bonds. The summed E-state index contributed by atoms with van der Waals surface area (Å²) < 4.78 is 0. The van der Waals surface area contributed by atoms with Crippen molar-refractivity contribution in [3.8, 4) is 0 Å². The summed E-state index contributed by atoms with van der Waals surface area (Å²) in [4.78, 5) is 14.4. The van der Waals surface area contributed by atoms with Gasteiger partial charge in [-0.2, -0.15) is 0 Å². The standard InChI is InChI=1S/C16H30N2O/c19-16(18-13-9-5-2-6-10-14-18)17-15-11-7-3-1-4-8-12-15/h15H,1-14H2,(H,17,19). The van der Waals surface area contributed by atoms with Gasteiger partial charge in [-0.15, -0.1) is 0 Å². The van der Waals surface area contributed by atoms with E-state index in [1.807, 2.05) is 0 Å². The average Bonchev–Trinajstić information content (AvgIpc) is 2.31. The fourth-order valence-corrected chi connectivity index (χ4v) is 3.32. The molecular weight excluding hydrogens is 236 g/mol. The highest BCUT2D eigenvalue weighted by molar-refractivity contribution is 5.74. The van der Waals surface area contributed by atoms with Crippen molar-refractivity contribution in [3.63, 3.8) is 0 Å². The molecule has 2 fully saturated rings. The Morgan fingerprint density at radius 3 is 1.79 bits per heavy atom. The Kier molecular flexibility index (Phi) is 6.52. The van der Waals surface area contributed by atoms with Crippen LogP contribution in [0.5, 0.6) is 0 Å². The fraction of sp³-hybridized carbons (Fsp3) is 0.938. The summed E-state index contributed by atoms with van der Waals surface area (Å²) in [5, 5.41) is 3.29. The largest absolute Gasteiger partial charge is 0.335 e. The van der Waals surface area contributed by atoms with Crippen LogP contribution < -0.4 is 5.32 Å². The minimum Gasteiger partial charge on any atom is -0.335 e. The van der Waals surface area contributed by atoms with Gasteiger partial charge in [0, 0.05) is 19.1 Å². The van der Waals surface area contributed by atoms with Gasteiger partial charge in [0.1, 0.15) is 0 Å². The Balaban J connectivity index is 1.77. The van der Waals surface area contributed by atoms with Crippen molar-refractivity contribution in [2.24, 2.45) is 0 Å². The maximum absolute atomic E-state index is 12.3. The van der Waals surface area contributed by atoms with Crippen LogP contribution in [0.3, 0.4) is 0 Å². The summed E-state index contributed by atoms with van der Waals surface area (Å²) in [5.41, 5.74) is 0. The van der Waals surface area contributed by atoms with Gasteiger partial charge in [-0.3, -0.25) is 0 Å². The number of amides is 2. The summed E-state index contributed by atoms with van der Waals surface area (Å²) in [6.45, 7) is 1.91. The molecule has 3 heteroatoms. The predicted molar refractivity (Wildman–Crippen MR) is 79.3 cm³/mol. The first-order chi connectivity index (χ1) is 9.36. The first-order valence-corrected chi connectivity index (χ1v) is 8.42. The molecule has 0 spiro atoms. The lowest BCUT2D eigenvalue weighted by Gasteiger charge is -2.28. The summed E-state index contributed by atoms with van der Waals surface area (Å²) in [7, 11) is 0. The highest BCUT2D eigenvalue weighted by Gasteiger charge is 2.19. The van der Waals surface area contributed by atoms with Crippen LogP contribution in [-0.4, -0.2) is 30.1 Å². The maximum atomic E-state index is 12.3. The van der Waals surface area contributed by atoms with Crippen molar-refractivity contribution in [1.29, 1.82) is 0 Å². The SMILES string of the molecule is O=C(NC1CCCCCCC1)N1CCCCCCC1. The second-order valence-corrected chi connectivity index (χ2v) is 6.25. The van der Waals surface area contributed by atoms with Crippen molar-refractivity contribution in [1.82, 2.24) is 10.2 Å². The van der Waals surface area contributed by atoms with Crippen molar-refractivity contribution >= 4 is 6.03 Å². The maximum Gasteiger partial charge on any atom is 0.317 e. The van der Waals surface area contributed by atoms with Gasteiger partial charge in [0.2, 0.25) is 0 Å². The van der Waals surface area contributed by atoms with Gasteiger partial charge in [0.15, 0.2) is 0 Å². The monoisotopic (exact) mass is 266 g/mol. The molecule has 1 saturated heterocycles. The molecule has 0 aromatic rings. The summed E-state index contributed by atoms with van der Waals surface area (Å²) in [5.74, 6) is 0.